The molecule has 18 heavy (non-hydrogen) atoms. The summed E-state index contributed by atoms with van der Waals surface area (Å²) in [4.78, 5) is 0. The predicted molar refractivity (Wildman–Crippen MR) is 73.9 cm³/mol. The molecule has 1 aromatic carbocycles. The van der Waals surface area contributed by atoms with Crippen LogP contribution in [0.25, 0.3) is 0 Å². The summed E-state index contributed by atoms with van der Waals surface area (Å²) in [7, 11) is 0. The predicted octanol–water partition coefficient (Wildman–Crippen LogP) is 4.64. The average Bonchev–Trinajstić information content (AvgIpc) is 2.27. The van der Waals surface area contributed by atoms with Crippen molar-refractivity contribution in [3.05, 3.63) is 35.6 Å². The summed E-state index contributed by atoms with van der Waals surface area (Å²) >= 11 is 0. The van der Waals surface area contributed by atoms with Crippen molar-refractivity contribution in [2.24, 2.45) is 5.41 Å². The zero-order valence-electron chi connectivity index (χ0n) is 12.0. The lowest BCUT2D eigenvalue weighted by Crippen LogP contribution is -2.25. The van der Waals surface area contributed by atoms with Gasteiger partial charge in [-0.05, 0) is 48.8 Å². The van der Waals surface area contributed by atoms with E-state index in [0.717, 1.165) is 12.8 Å². The Bertz CT molecular complexity index is 381. The number of hydrogen-bond acceptors (Lipinski definition) is 1. The first-order valence-corrected chi connectivity index (χ1v) is 6.75. The van der Waals surface area contributed by atoms with Gasteiger partial charge in [0, 0.05) is 0 Å². The molecule has 1 rings (SSSR count). The largest absolute Gasteiger partial charge is 0.385 e. The molecule has 0 aliphatic carbocycles. The molecule has 1 aromatic rings. The van der Waals surface area contributed by atoms with Crippen LogP contribution in [0, 0.1) is 11.2 Å². The summed E-state index contributed by atoms with van der Waals surface area (Å²) in [5.74, 6) is -0.282. The Balaban J connectivity index is 2.73. The van der Waals surface area contributed by atoms with Gasteiger partial charge < -0.3 is 5.11 Å². The summed E-state index contributed by atoms with van der Waals surface area (Å²) in [5.41, 5.74) is 0.0723. The van der Waals surface area contributed by atoms with E-state index in [9.17, 15) is 9.50 Å². The summed E-state index contributed by atoms with van der Waals surface area (Å²) in [6, 6.07) is 6.33. The molecule has 0 spiro atoms. The summed E-state index contributed by atoms with van der Waals surface area (Å²) < 4.78 is 13.2. The van der Waals surface area contributed by atoms with Gasteiger partial charge in [-0.2, -0.15) is 0 Å². The third-order valence-electron chi connectivity index (χ3n) is 3.46. The molecule has 1 unspecified atom stereocenters. The minimum Gasteiger partial charge on any atom is -0.385 e. The molecule has 0 bridgehead atoms. The fraction of sp³-hybridized carbons (Fsp3) is 0.625. The molecule has 1 atom stereocenters. The van der Waals surface area contributed by atoms with E-state index in [1.54, 1.807) is 6.07 Å². The quantitative estimate of drug-likeness (QED) is 0.809. The van der Waals surface area contributed by atoms with Crippen LogP contribution in [0.15, 0.2) is 24.3 Å². The van der Waals surface area contributed by atoms with Crippen LogP contribution in [0.4, 0.5) is 4.39 Å². The Hall–Kier alpha value is -0.890. The number of aliphatic hydroxyl groups is 1. The molecule has 0 aliphatic heterocycles. The van der Waals surface area contributed by atoms with Gasteiger partial charge in [0.25, 0.3) is 0 Å². The van der Waals surface area contributed by atoms with Crippen molar-refractivity contribution in [1.29, 1.82) is 0 Å². The van der Waals surface area contributed by atoms with E-state index >= 15 is 0 Å². The van der Waals surface area contributed by atoms with Crippen molar-refractivity contribution in [3.8, 4) is 0 Å². The summed E-state index contributed by atoms with van der Waals surface area (Å²) in [5, 5.41) is 10.6. The van der Waals surface area contributed by atoms with Gasteiger partial charge in [-0.15, -0.1) is 0 Å². The number of rotatable bonds is 5. The fourth-order valence-electron chi connectivity index (χ4n) is 2.21. The fourth-order valence-corrected chi connectivity index (χ4v) is 2.21. The summed E-state index contributed by atoms with van der Waals surface area (Å²) in [6.07, 6.45) is 3.31. The third kappa shape index (κ3) is 4.41. The molecule has 0 fully saturated rings. The maximum absolute atomic E-state index is 13.2. The smallest absolute Gasteiger partial charge is 0.123 e. The van der Waals surface area contributed by atoms with Crippen molar-refractivity contribution >= 4 is 0 Å². The Morgan fingerprint density at radius 2 is 1.83 bits per heavy atom. The third-order valence-corrected chi connectivity index (χ3v) is 3.46. The number of halogens is 1. The van der Waals surface area contributed by atoms with E-state index in [-0.39, 0.29) is 11.2 Å². The highest BCUT2D eigenvalue weighted by molar-refractivity contribution is 5.23. The van der Waals surface area contributed by atoms with Crippen molar-refractivity contribution in [2.75, 3.05) is 0 Å². The molecule has 0 amide bonds. The monoisotopic (exact) mass is 252 g/mol. The lowest BCUT2D eigenvalue weighted by Gasteiger charge is -2.29. The second-order valence-corrected chi connectivity index (χ2v) is 6.31. The van der Waals surface area contributed by atoms with E-state index in [1.165, 1.54) is 12.1 Å². The molecule has 1 N–H and O–H groups in total. The van der Waals surface area contributed by atoms with Crippen molar-refractivity contribution < 1.29 is 9.50 Å². The standard InChI is InChI=1S/C16H25FO/c1-5-16(18,11-7-10-15(2,3)4)13-8-6-9-14(17)12-13/h6,8-9,12,18H,5,7,10-11H2,1-4H3. The van der Waals surface area contributed by atoms with Crippen LogP contribution in [0.5, 0.6) is 0 Å². The van der Waals surface area contributed by atoms with Crippen LogP contribution >= 0.6 is 0 Å². The zero-order chi connectivity index (χ0) is 13.8. The lowest BCUT2D eigenvalue weighted by atomic mass is 9.82. The molecule has 0 aromatic heterocycles. The van der Waals surface area contributed by atoms with Crippen LogP contribution in [0.1, 0.15) is 58.9 Å². The molecule has 0 saturated carbocycles. The van der Waals surface area contributed by atoms with Crippen molar-refractivity contribution in [1.82, 2.24) is 0 Å². The highest BCUT2D eigenvalue weighted by Crippen LogP contribution is 2.33. The Labute approximate surface area is 110 Å². The maximum atomic E-state index is 13.2. The maximum Gasteiger partial charge on any atom is 0.123 e. The Kier molecular flexibility index (Phi) is 4.92. The van der Waals surface area contributed by atoms with Gasteiger partial charge in [0.15, 0.2) is 0 Å². The summed E-state index contributed by atoms with van der Waals surface area (Å²) in [6.45, 7) is 8.53. The molecule has 1 nitrogen and oxygen atoms in total. The van der Waals surface area contributed by atoms with Gasteiger partial charge in [0.05, 0.1) is 5.60 Å². The first kappa shape index (κ1) is 15.2. The topological polar surface area (TPSA) is 20.2 Å². The second kappa shape index (κ2) is 5.83. The Morgan fingerprint density at radius 1 is 1.17 bits per heavy atom. The van der Waals surface area contributed by atoms with Crippen LogP contribution < -0.4 is 0 Å². The van der Waals surface area contributed by atoms with E-state index < -0.39 is 5.60 Å². The van der Waals surface area contributed by atoms with Gasteiger partial charge in [0.1, 0.15) is 5.82 Å². The minimum atomic E-state index is -0.895. The molecule has 0 aliphatic rings. The van der Waals surface area contributed by atoms with Crippen LogP contribution in [-0.4, -0.2) is 5.11 Å². The highest BCUT2D eigenvalue weighted by atomic mass is 19.1. The van der Waals surface area contributed by atoms with Crippen molar-refractivity contribution in [2.45, 2.75) is 59.0 Å². The number of hydrogen-bond donors (Lipinski definition) is 1. The average molecular weight is 252 g/mol. The minimum absolute atomic E-state index is 0.274. The Morgan fingerprint density at radius 3 is 2.33 bits per heavy atom. The van der Waals surface area contributed by atoms with E-state index in [0.29, 0.717) is 18.4 Å². The van der Waals surface area contributed by atoms with E-state index in [4.69, 9.17) is 0 Å². The van der Waals surface area contributed by atoms with Crippen LogP contribution in [-0.2, 0) is 5.60 Å². The first-order chi connectivity index (χ1) is 8.27. The zero-order valence-corrected chi connectivity index (χ0v) is 12.0. The number of benzene rings is 1. The normalized spacial score (nSPS) is 15.4. The SMILES string of the molecule is CCC(O)(CCCC(C)(C)C)c1cccc(F)c1. The van der Waals surface area contributed by atoms with E-state index in [1.807, 2.05) is 13.0 Å². The second-order valence-electron chi connectivity index (χ2n) is 6.31. The van der Waals surface area contributed by atoms with Crippen LogP contribution in [0.3, 0.4) is 0 Å². The lowest BCUT2D eigenvalue weighted by molar-refractivity contribution is 0.0184. The molecule has 0 radical (unpaired) electrons. The molecular formula is C16H25FO. The van der Waals surface area contributed by atoms with Gasteiger partial charge in [-0.1, -0.05) is 39.8 Å². The first-order valence-electron chi connectivity index (χ1n) is 6.75. The van der Waals surface area contributed by atoms with Gasteiger partial charge in [-0.25, -0.2) is 4.39 Å². The van der Waals surface area contributed by atoms with Gasteiger partial charge in [-0.3, -0.25) is 0 Å². The molecule has 2 heteroatoms. The highest BCUT2D eigenvalue weighted by Gasteiger charge is 2.27. The van der Waals surface area contributed by atoms with Crippen LogP contribution in [0.2, 0.25) is 0 Å². The van der Waals surface area contributed by atoms with Gasteiger partial charge in [0.2, 0.25) is 0 Å². The van der Waals surface area contributed by atoms with E-state index in [2.05, 4.69) is 20.8 Å². The molecule has 102 valence electrons. The molecular weight excluding hydrogens is 227 g/mol. The van der Waals surface area contributed by atoms with Gasteiger partial charge >= 0.3 is 0 Å². The van der Waals surface area contributed by atoms with Crippen molar-refractivity contribution in [3.63, 3.8) is 0 Å². The molecule has 0 heterocycles. The molecule has 0 saturated heterocycles.